The zero-order chi connectivity index (χ0) is 27.4. The molecule has 3 N–H and O–H groups in total. The molecule has 2 heterocycles. The Kier molecular flexibility index (Phi) is 8.59. The van der Waals surface area contributed by atoms with Gasteiger partial charge in [-0.25, -0.2) is 13.9 Å². The van der Waals surface area contributed by atoms with Gasteiger partial charge in [-0.1, -0.05) is 40.7 Å². The Balaban J connectivity index is 1.59. The zero-order valence-corrected chi connectivity index (χ0v) is 24.0. The van der Waals surface area contributed by atoms with Crippen molar-refractivity contribution < 1.29 is 14.0 Å². The molecule has 0 radical (unpaired) electrons. The first-order valence-corrected chi connectivity index (χ1v) is 15.7. The van der Waals surface area contributed by atoms with E-state index in [9.17, 15) is 14.0 Å². The second-order valence-electron chi connectivity index (χ2n) is 11.8. The number of aromatic nitrogens is 3. The molecule has 200 valence electrons. The van der Waals surface area contributed by atoms with Crippen molar-refractivity contribution in [2.45, 2.75) is 84.0 Å². The summed E-state index contributed by atoms with van der Waals surface area (Å²) in [5.41, 5.74) is 3.54. The number of nitrogens with one attached hydrogen (secondary N) is 2. The lowest BCUT2D eigenvalue weighted by Crippen LogP contribution is -2.38. The Hall–Kier alpha value is -3.04. The smallest absolute Gasteiger partial charge is 0.319 e. The van der Waals surface area contributed by atoms with E-state index in [0.717, 1.165) is 36.3 Å². The average Bonchev–Trinajstić information content (AvgIpc) is 3.23. The van der Waals surface area contributed by atoms with E-state index in [2.05, 4.69) is 55.3 Å². The van der Waals surface area contributed by atoms with Crippen molar-refractivity contribution in [2.75, 3.05) is 5.32 Å². The number of rotatable bonds is 9. The summed E-state index contributed by atoms with van der Waals surface area (Å²) in [4.78, 5) is 27.5. The molecule has 3 aromatic rings. The second-order valence-corrected chi connectivity index (χ2v) is 16.3. The van der Waals surface area contributed by atoms with Crippen LogP contribution in [0.1, 0.15) is 64.5 Å². The third kappa shape index (κ3) is 7.72. The Morgan fingerprint density at radius 1 is 1.11 bits per heavy atom. The van der Waals surface area contributed by atoms with Crippen molar-refractivity contribution >= 4 is 20.0 Å². The fourth-order valence-electron chi connectivity index (χ4n) is 3.75. The molecule has 2 amide bonds. The molecule has 1 aromatic carbocycles. The van der Waals surface area contributed by atoms with Gasteiger partial charge < -0.3 is 15.4 Å². The lowest BCUT2D eigenvalue weighted by atomic mass is 9.92. The molecule has 2 aromatic heterocycles. The van der Waals surface area contributed by atoms with Gasteiger partial charge in [0.05, 0.1) is 35.5 Å². The van der Waals surface area contributed by atoms with E-state index < -0.39 is 8.32 Å². The fourth-order valence-corrected chi connectivity index (χ4v) is 4.54. The van der Waals surface area contributed by atoms with Crippen LogP contribution in [0.5, 0.6) is 0 Å². The van der Waals surface area contributed by atoms with Crippen LogP contribution in [-0.2, 0) is 18.4 Å². The SMILES string of the molecule is CC(C)(C)c1cc(CNC(=O)Nc2ccc(CCCC(C)(C)[Si](C)(C)O)nc2)n(-c2cccc(F)c2)n1. The molecule has 0 saturated heterocycles. The van der Waals surface area contributed by atoms with Gasteiger partial charge in [-0.3, -0.25) is 4.98 Å². The van der Waals surface area contributed by atoms with Crippen LogP contribution in [0.4, 0.5) is 14.9 Å². The van der Waals surface area contributed by atoms with E-state index in [1.165, 1.54) is 12.1 Å². The molecule has 0 spiro atoms. The minimum Gasteiger partial charge on any atom is -0.432 e. The summed E-state index contributed by atoms with van der Waals surface area (Å²) >= 11 is 0. The number of hydrogen-bond acceptors (Lipinski definition) is 4. The molecule has 0 bridgehead atoms. The molecule has 9 heteroatoms. The van der Waals surface area contributed by atoms with Crippen LogP contribution >= 0.6 is 0 Å². The van der Waals surface area contributed by atoms with Crippen LogP contribution < -0.4 is 10.6 Å². The standard InChI is InChI=1S/C28H40FN5O2Si/c1-27(2,3)25-17-24(34(33-25)23-12-8-10-20(29)16-23)19-31-26(35)32-22-14-13-21(30-18-22)11-9-15-28(4,5)37(6,7)36/h8,10,12-14,16-18,36H,9,11,15,19H2,1-7H3,(H2,31,32,35). The monoisotopic (exact) mass is 525 g/mol. The predicted molar refractivity (Wildman–Crippen MR) is 149 cm³/mol. The summed E-state index contributed by atoms with van der Waals surface area (Å²) < 4.78 is 15.5. The van der Waals surface area contributed by atoms with Gasteiger partial charge in [0, 0.05) is 11.1 Å². The summed E-state index contributed by atoms with van der Waals surface area (Å²) in [5.74, 6) is -0.347. The summed E-state index contributed by atoms with van der Waals surface area (Å²) in [6.07, 6.45) is 4.36. The molecule has 0 aliphatic rings. The highest BCUT2D eigenvalue weighted by Gasteiger charge is 2.37. The number of pyridine rings is 1. The van der Waals surface area contributed by atoms with Gasteiger partial charge in [0.2, 0.25) is 0 Å². The fraction of sp³-hybridized carbons (Fsp3) is 0.464. The van der Waals surface area contributed by atoms with Crippen LogP contribution in [0, 0.1) is 5.82 Å². The largest absolute Gasteiger partial charge is 0.432 e. The van der Waals surface area contributed by atoms with Gasteiger partial charge in [-0.2, -0.15) is 5.10 Å². The first-order valence-electron chi connectivity index (χ1n) is 12.7. The molecule has 0 atom stereocenters. The highest BCUT2D eigenvalue weighted by atomic mass is 28.4. The minimum absolute atomic E-state index is 0.0513. The van der Waals surface area contributed by atoms with Gasteiger partial charge in [0.25, 0.3) is 0 Å². The number of halogens is 1. The molecule has 0 fully saturated rings. The Labute approximate surface area is 220 Å². The second kappa shape index (κ2) is 11.1. The van der Waals surface area contributed by atoms with Crippen LogP contribution in [0.25, 0.3) is 5.69 Å². The van der Waals surface area contributed by atoms with Crippen LogP contribution in [-0.4, -0.2) is 33.9 Å². The van der Waals surface area contributed by atoms with Gasteiger partial charge in [-0.05, 0) is 73.8 Å². The summed E-state index contributed by atoms with van der Waals surface area (Å²) in [7, 11) is -2.21. The minimum atomic E-state index is -2.21. The number of hydrogen-bond donors (Lipinski definition) is 3. The van der Waals surface area contributed by atoms with Crippen LogP contribution in [0.3, 0.4) is 0 Å². The average molecular weight is 526 g/mol. The van der Waals surface area contributed by atoms with Crippen molar-refractivity contribution in [2.24, 2.45) is 0 Å². The van der Waals surface area contributed by atoms with Gasteiger partial charge in [0.15, 0.2) is 8.32 Å². The number of urea groups is 1. The van der Waals surface area contributed by atoms with Crippen molar-refractivity contribution in [3.63, 3.8) is 0 Å². The maximum absolute atomic E-state index is 13.8. The maximum Gasteiger partial charge on any atom is 0.319 e. The van der Waals surface area contributed by atoms with Gasteiger partial charge >= 0.3 is 6.03 Å². The molecule has 37 heavy (non-hydrogen) atoms. The summed E-state index contributed by atoms with van der Waals surface area (Å²) in [6.45, 7) is 14.6. The van der Waals surface area contributed by atoms with E-state index in [1.807, 2.05) is 31.3 Å². The topological polar surface area (TPSA) is 92.1 Å². The van der Waals surface area contributed by atoms with E-state index in [4.69, 9.17) is 0 Å². The van der Waals surface area contributed by atoms with Crippen molar-refractivity contribution in [1.82, 2.24) is 20.1 Å². The van der Waals surface area contributed by atoms with Crippen LogP contribution in [0.15, 0.2) is 48.7 Å². The highest BCUT2D eigenvalue weighted by molar-refractivity contribution is 6.72. The number of anilines is 1. The van der Waals surface area contributed by atoms with E-state index in [0.29, 0.717) is 11.4 Å². The quantitative estimate of drug-likeness (QED) is 0.285. The maximum atomic E-state index is 13.8. The van der Waals surface area contributed by atoms with E-state index >= 15 is 0 Å². The molecule has 0 saturated carbocycles. The van der Waals surface area contributed by atoms with Gasteiger partial charge in [-0.15, -0.1) is 0 Å². The molecule has 7 nitrogen and oxygen atoms in total. The Morgan fingerprint density at radius 2 is 1.84 bits per heavy atom. The lowest BCUT2D eigenvalue weighted by Gasteiger charge is -2.35. The lowest BCUT2D eigenvalue weighted by molar-refractivity contribution is 0.251. The molecular weight excluding hydrogens is 485 g/mol. The van der Waals surface area contributed by atoms with E-state index in [-0.39, 0.29) is 28.8 Å². The molecule has 0 aliphatic carbocycles. The number of amides is 2. The molecule has 0 aliphatic heterocycles. The van der Waals surface area contributed by atoms with Crippen LogP contribution in [0.2, 0.25) is 18.1 Å². The zero-order valence-electron chi connectivity index (χ0n) is 23.0. The third-order valence-corrected chi connectivity index (χ3v) is 10.6. The molecule has 3 rings (SSSR count). The van der Waals surface area contributed by atoms with Crippen molar-refractivity contribution in [1.29, 1.82) is 0 Å². The number of benzene rings is 1. The number of nitrogens with zero attached hydrogens (tertiary/aromatic N) is 3. The molecule has 0 unspecified atom stereocenters. The first-order chi connectivity index (χ1) is 17.2. The Bertz CT molecular complexity index is 1210. The van der Waals surface area contributed by atoms with Crippen molar-refractivity contribution in [3.05, 3.63) is 71.6 Å². The van der Waals surface area contributed by atoms with E-state index in [1.54, 1.807) is 23.0 Å². The van der Waals surface area contributed by atoms with Gasteiger partial charge in [0.1, 0.15) is 5.82 Å². The summed E-state index contributed by atoms with van der Waals surface area (Å²) in [6, 6.07) is 11.6. The molecular formula is C28H40FN5O2Si. The third-order valence-electron chi connectivity index (χ3n) is 7.01. The Morgan fingerprint density at radius 3 is 2.43 bits per heavy atom. The number of carbonyl (C=O) groups is 1. The highest BCUT2D eigenvalue weighted by Crippen LogP contribution is 2.40. The number of aryl methyl sites for hydroxylation is 1. The normalized spacial score (nSPS) is 12.5. The number of carbonyl (C=O) groups excluding carboxylic acids is 1. The first kappa shape index (κ1) is 28.5. The van der Waals surface area contributed by atoms with Crippen molar-refractivity contribution in [3.8, 4) is 5.69 Å². The summed E-state index contributed by atoms with van der Waals surface area (Å²) in [5, 5.41) is 10.3. The predicted octanol–water partition coefficient (Wildman–Crippen LogP) is 6.33.